The van der Waals surface area contributed by atoms with Gasteiger partial charge >= 0.3 is 0 Å². The van der Waals surface area contributed by atoms with E-state index in [0.717, 1.165) is 23.1 Å². The Balaban J connectivity index is 0.00000128. The summed E-state index contributed by atoms with van der Waals surface area (Å²) in [6.07, 6.45) is 0.844. The van der Waals surface area contributed by atoms with E-state index in [-0.39, 0.29) is 5.48 Å². The Bertz CT molecular complexity index is 450. The highest BCUT2D eigenvalue weighted by Gasteiger charge is 2.06. The molecule has 2 aromatic rings. The summed E-state index contributed by atoms with van der Waals surface area (Å²) in [6, 6.07) is 15.8. The molecule has 0 aliphatic heterocycles. The lowest BCUT2D eigenvalue weighted by Crippen LogP contribution is -1.87. The van der Waals surface area contributed by atoms with Crippen LogP contribution < -0.4 is 0 Å². The first-order valence-corrected chi connectivity index (χ1v) is 5.19. The Kier molecular flexibility index (Phi) is 4.09. The van der Waals surface area contributed by atoms with Gasteiger partial charge in [-0.05, 0) is 23.6 Å². The van der Waals surface area contributed by atoms with Crippen molar-refractivity contribution < 1.29 is 10.6 Å². The molecule has 84 valence electrons. The molecule has 0 atom stereocenters. The Morgan fingerprint density at radius 1 is 0.938 bits per heavy atom. The predicted octanol–water partition coefficient (Wildman–Crippen LogP) is 2.80. The zero-order valence-corrected chi connectivity index (χ0v) is 9.27. The number of aromatic hydroxyl groups is 1. The number of hydrogen-bond donors (Lipinski definition) is 1. The van der Waals surface area contributed by atoms with Crippen LogP contribution in [0.3, 0.4) is 0 Å². The van der Waals surface area contributed by atoms with Gasteiger partial charge in [0.1, 0.15) is 5.75 Å². The van der Waals surface area contributed by atoms with Gasteiger partial charge in [0.15, 0.2) is 0 Å². The lowest BCUT2D eigenvalue weighted by molar-refractivity contribution is 0.469. The first-order valence-electron chi connectivity index (χ1n) is 5.19. The molecular weight excluding hydrogens is 200 g/mol. The molecule has 0 radical (unpaired) electrons. The van der Waals surface area contributed by atoms with Crippen molar-refractivity contribution in [2.75, 3.05) is 0 Å². The van der Waals surface area contributed by atoms with Crippen molar-refractivity contribution in [2.24, 2.45) is 0 Å². The first kappa shape index (κ1) is 12.3. The Morgan fingerprint density at radius 2 is 1.62 bits per heavy atom. The van der Waals surface area contributed by atoms with Crippen LogP contribution in [0.25, 0.3) is 11.1 Å². The zero-order valence-electron chi connectivity index (χ0n) is 9.27. The molecule has 0 bridgehead atoms. The maximum atomic E-state index is 9.75. The van der Waals surface area contributed by atoms with Gasteiger partial charge in [0.25, 0.3) is 0 Å². The lowest BCUT2D eigenvalue weighted by atomic mass is 9.97. The van der Waals surface area contributed by atoms with E-state index in [1.165, 1.54) is 0 Å². The first-order chi connectivity index (χ1) is 7.33. The van der Waals surface area contributed by atoms with Crippen molar-refractivity contribution >= 4 is 0 Å². The standard InChI is InChI=1S/C14H14O.H2O/c1-2-12-13(9-6-10-14(12)15)11-7-4-3-5-8-11;/h3-10,15H,2H2,1H3;1H2. The topological polar surface area (TPSA) is 51.7 Å². The summed E-state index contributed by atoms with van der Waals surface area (Å²) in [5.74, 6) is 0.388. The molecule has 0 saturated carbocycles. The minimum Gasteiger partial charge on any atom is -0.508 e. The monoisotopic (exact) mass is 216 g/mol. The maximum absolute atomic E-state index is 9.75. The van der Waals surface area contributed by atoms with Gasteiger partial charge in [-0.3, -0.25) is 0 Å². The highest BCUT2D eigenvalue weighted by molar-refractivity contribution is 5.69. The minimum atomic E-state index is 0. The second-order valence-corrected chi connectivity index (χ2v) is 3.52. The highest BCUT2D eigenvalue weighted by Crippen LogP contribution is 2.29. The molecule has 2 nitrogen and oxygen atoms in total. The molecule has 2 heteroatoms. The van der Waals surface area contributed by atoms with Gasteiger partial charge < -0.3 is 10.6 Å². The van der Waals surface area contributed by atoms with Crippen molar-refractivity contribution in [2.45, 2.75) is 13.3 Å². The molecule has 0 unspecified atom stereocenters. The van der Waals surface area contributed by atoms with Crippen LogP contribution in [-0.2, 0) is 6.42 Å². The van der Waals surface area contributed by atoms with Crippen molar-refractivity contribution in [3.05, 3.63) is 54.1 Å². The van der Waals surface area contributed by atoms with E-state index < -0.39 is 0 Å². The number of hydrogen-bond acceptors (Lipinski definition) is 1. The molecule has 2 aromatic carbocycles. The minimum absolute atomic E-state index is 0. The molecule has 0 amide bonds. The molecule has 0 aromatic heterocycles. The van der Waals surface area contributed by atoms with E-state index in [2.05, 4.69) is 19.1 Å². The van der Waals surface area contributed by atoms with Gasteiger partial charge in [0, 0.05) is 5.56 Å². The third-order valence-corrected chi connectivity index (χ3v) is 2.59. The number of phenols is 1. The number of rotatable bonds is 2. The van der Waals surface area contributed by atoms with E-state index >= 15 is 0 Å². The van der Waals surface area contributed by atoms with E-state index in [1.54, 1.807) is 6.07 Å². The molecule has 0 fully saturated rings. The van der Waals surface area contributed by atoms with Gasteiger partial charge in [-0.15, -0.1) is 0 Å². The SMILES string of the molecule is CCc1c(O)cccc1-c1ccccc1.O. The summed E-state index contributed by atoms with van der Waals surface area (Å²) >= 11 is 0. The van der Waals surface area contributed by atoms with Crippen molar-refractivity contribution in [3.8, 4) is 16.9 Å². The van der Waals surface area contributed by atoms with Crippen LogP contribution in [0.4, 0.5) is 0 Å². The fourth-order valence-corrected chi connectivity index (χ4v) is 1.83. The third kappa shape index (κ3) is 2.23. The summed E-state index contributed by atoms with van der Waals surface area (Å²) < 4.78 is 0. The van der Waals surface area contributed by atoms with Crippen LogP contribution in [0, 0.1) is 0 Å². The molecule has 0 spiro atoms. The van der Waals surface area contributed by atoms with Gasteiger partial charge in [-0.25, -0.2) is 0 Å². The summed E-state index contributed by atoms with van der Waals surface area (Å²) in [4.78, 5) is 0. The second-order valence-electron chi connectivity index (χ2n) is 3.52. The number of phenolic OH excluding ortho intramolecular Hbond substituents is 1. The van der Waals surface area contributed by atoms with Crippen LogP contribution in [0.1, 0.15) is 12.5 Å². The van der Waals surface area contributed by atoms with Crippen LogP contribution >= 0.6 is 0 Å². The fraction of sp³-hybridized carbons (Fsp3) is 0.143. The van der Waals surface area contributed by atoms with Crippen LogP contribution in [0.2, 0.25) is 0 Å². The predicted molar refractivity (Wildman–Crippen MR) is 66.5 cm³/mol. The zero-order chi connectivity index (χ0) is 10.7. The molecule has 16 heavy (non-hydrogen) atoms. The molecular formula is C14H16O2. The average Bonchev–Trinajstić information content (AvgIpc) is 2.30. The van der Waals surface area contributed by atoms with E-state index in [1.807, 2.05) is 30.3 Å². The Morgan fingerprint density at radius 3 is 2.25 bits per heavy atom. The fourth-order valence-electron chi connectivity index (χ4n) is 1.83. The van der Waals surface area contributed by atoms with Crippen LogP contribution in [0.15, 0.2) is 48.5 Å². The maximum Gasteiger partial charge on any atom is 0.119 e. The van der Waals surface area contributed by atoms with Gasteiger partial charge in [-0.2, -0.15) is 0 Å². The second kappa shape index (κ2) is 5.33. The lowest BCUT2D eigenvalue weighted by Gasteiger charge is -2.09. The van der Waals surface area contributed by atoms with Crippen molar-refractivity contribution in [3.63, 3.8) is 0 Å². The van der Waals surface area contributed by atoms with Crippen LogP contribution in [-0.4, -0.2) is 10.6 Å². The molecule has 2 rings (SSSR count). The Hall–Kier alpha value is -1.80. The molecule has 0 aliphatic rings. The number of benzene rings is 2. The van der Waals surface area contributed by atoms with E-state index in [0.29, 0.717) is 5.75 Å². The van der Waals surface area contributed by atoms with E-state index in [4.69, 9.17) is 0 Å². The molecule has 0 heterocycles. The normalized spacial score (nSPS) is 9.56. The summed E-state index contributed by atoms with van der Waals surface area (Å²) in [6.45, 7) is 2.06. The largest absolute Gasteiger partial charge is 0.508 e. The Labute approximate surface area is 95.5 Å². The van der Waals surface area contributed by atoms with Crippen molar-refractivity contribution in [1.82, 2.24) is 0 Å². The smallest absolute Gasteiger partial charge is 0.119 e. The van der Waals surface area contributed by atoms with E-state index in [9.17, 15) is 5.11 Å². The summed E-state index contributed by atoms with van der Waals surface area (Å²) in [5, 5.41) is 9.75. The third-order valence-electron chi connectivity index (χ3n) is 2.59. The van der Waals surface area contributed by atoms with Crippen molar-refractivity contribution in [1.29, 1.82) is 0 Å². The average molecular weight is 216 g/mol. The molecule has 0 aliphatic carbocycles. The molecule has 0 saturated heterocycles. The summed E-state index contributed by atoms with van der Waals surface area (Å²) in [7, 11) is 0. The van der Waals surface area contributed by atoms with Gasteiger partial charge in [0.2, 0.25) is 0 Å². The quantitative estimate of drug-likeness (QED) is 0.824. The van der Waals surface area contributed by atoms with Gasteiger partial charge in [0.05, 0.1) is 0 Å². The molecule has 3 N–H and O–H groups in total. The summed E-state index contributed by atoms with van der Waals surface area (Å²) in [5.41, 5.74) is 3.30. The van der Waals surface area contributed by atoms with Gasteiger partial charge in [-0.1, -0.05) is 49.4 Å². The highest BCUT2D eigenvalue weighted by atomic mass is 16.3. The van der Waals surface area contributed by atoms with Crippen LogP contribution in [0.5, 0.6) is 5.75 Å².